The van der Waals surface area contributed by atoms with Gasteiger partial charge < -0.3 is 20.5 Å². The summed E-state index contributed by atoms with van der Waals surface area (Å²) in [6.45, 7) is 3.81. The Balaban J connectivity index is 1.98. The van der Waals surface area contributed by atoms with Crippen molar-refractivity contribution in [3.63, 3.8) is 0 Å². The van der Waals surface area contributed by atoms with Crippen molar-refractivity contribution in [3.05, 3.63) is 18.2 Å². The number of esters is 1. The molecular formula is C14H20N2O3. The molecule has 0 radical (unpaired) electrons. The van der Waals surface area contributed by atoms with Crippen LogP contribution in [-0.2, 0) is 9.53 Å². The zero-order valence-corrected chi connectivity index (χ0v) is 11.1. The SMILES string of the molecule is CCOC(=O)C1CCN(c2ccc(O)cc2N)CC1. The Morgan fingerprint density at radius 3 is 2.74 bits per heavy atom. The highest BCUT2D eigenvalue weighted by Gasteiger charge is 2.26. The van der Waals surface area contributed by atoms with Crippen LogP contribution in [0, 0.1) is 5.92 Å². The van der Waals surface area contributed by atoms with Crippen molar-refractivity contribution in [1.82, 2.24) is 0 Å². The molecule has 1 aliphatic rings. The monoisotopic (exact) mass is 264 g/mol. The first kappa shape index (κ1) is 13.5. The smallest absolute Gasteiger partial charge is 0.309 e. The molecule has 1 aromatic rings. The number of carbonyl (C=O) groups is 1. The molecule has 2 rings (SSSR count). The summed E-state index contributed by atoms with van der Waals surface area (Å²) in [5.41, 5.74) is 7.38. The summed E-state index contributed by atoms with van der Waals surface area (Å²) in [5, 5.41) is 9.35. The standard InChI is InChI=1S/C14H20N2O3/c1-2-19-14(18)10-5-7-16(8-6-10)13-4-3-11(17)9-12(13)15/h3-4,9-10,17H,2,5-8,15H2,1H3. The number of ether oxygens (including phenoxy) is 1. The van der Waals surface area contributed by atoms with Gasteiger partial charge in [-0.25, -0.2) is 0 Å². The zero-order chi connectivity index (χ0) is 13.8. The molecule has 5 heteroatoms. The maximum absolute atomic E-state index is 11.7. The summed E-state index contributed by atoms with van der Waals surface area (Å²) in [6.07, 6.45) is 1.55. The van der Waals surface area contributed by atoms with E-state index in [2.05, 4.69) is 4.90 Å². The van der Waals surface area contributed by atoms with Crippen molar-refractivity contribution in [2.45, 2.75) is 19.8 Å². The number of piperidine rings is 1. The Morgan fingerprint density at radius 1 is 1.47 bits per heavy atom. The molecule has 0 unspecified atom stereocenters. The molecule has 1 aromatic carbocycles. The molecular weight excluding hydrogens is 244 g/mol. The first-order valence-electron chi connectivity index (χ1n) is 6.62. The van der Waals surface area contributed by atoms with Gasteiger partial charge in [-0.05, 0) is 31.9 Å². The highest BCUT2D eigenvalue weighted by molar-refractivity contribution is 5.74. The summed E-state index contributed by atoms with van der Waals surface area (Å²) < 4.78 is 5.05. The average Bonchev–Trinajstić information content (AvgIpc) is 2.39. The molecule has 1 heterocycles. The van der Waals surface area contributed by atoms with Gasteiger partial charge in [-0.3, -0.25) is 4.79 Å². The van der Waals surface area contributed by atoms with E-state index in [-0.39, 0.29) is 17.6 Å². The first-order chi connectivity index (χ1) is 9.11. The molecule has 3 N–H and O–H groups in total. The lowest BCUT2D eigenvalue weighted by molar-refractivity contribution is -0.148. The van der Waals surface area contributed by atoms with Crippen molar-refractivity contribution >= 4 is 17.3 Å². The van der Waals surface area contributed by atoms with Gasteiger partial charge in [0, 0.05) is 19.2 Å². The van der Waals surface area contributed by atoms with Crippen molar-refractivity contribution in [2.24, 2.45) is 5.92 Å². The number of hydrogen-bond donors (Lipinski definition) is 2. The van der Waals surface area contributed by atoms with Crippen LogP contribution >= 0.6 is 0 Å². The van der Waals surface area contributed by atoms with E-state index < -0.39 is 0 Å². The number of nitrogen functional groups attached to an aromatic ring is 1. The van der Waals surface area contributed by atoms with E-state index in [1.165, 1.54) is 0 Å². The third kappa shape index (κ3) is 3.10. The lowest BCUT2D eigenvalue weighted by atomic mass is 9.96. The van der Waals surface area contributed by atoms with Gasteiger partial charge in [0.2, 0.25) is 0 Å². The van der Waals surface area contributed by atoms with Crippen LogP contribution in [0.25, 0.3) is 0 Å². The molecule has 1 fully saturated rings. The number of benzene rings is 1. The Hall–Kier alpha value is -1.91. The number of carbonyl (C=O) groups excluding carboxylic acids is 1. The zero-order valence-electron chi connectivity index (χ0n) is 11.1. The molecule has 1 aliphatic heterocycles. The van der Waals surface area contributed by atoms with Crippen LogP contribution in [0.4, 0.5) is 11.4 Å². The average molecular weight is 264 g/mol. The number of phenols is 1. The lowest BCUT2D eigenvalue weighted by Gasteiger charge is -2.33. The van der Waals surface area contributed by atoms with Gasteiger partial charge in [-0.1, -0.05) is 0 Å². The lowest BCUT2D eigenvalue weighted by Crippen LogP contribution is -2.37. The van der Waals surface area contributed by atoms with Crippen molar-refractivity contribution in [3.8, 4) is 5.75 Å². The predicted molar refractivity (Wildman–Crippen MR) is 74.1 cm³/mol. The Morgan fingerprint density at radius 2 is 2.16 bits per heavy atom. The minimum atomic E-state index is -0.0965. The Labute approximate surface area is 113 Å². The third-order valence-corrected chi connectivity index (χ3v) is 3.47. The molecule has 0 atom stereocenters. The minimum absolute atomic E-state index is 0.00506. The number of anilines is 2. The largest absolute Gasteiger partial charge is 0.508 e. The number of rotatable bonds is 3. The van der Waals surface area contributed by atoms with Gasteiger partial charge in [-0.2, -0.15) is 0 Å². The second kappa shape index (κ2) is 5.82. The predicted octanol–water partition coefficient (Wildman–Crippen LogP) is 1.75. The summed E-state index contributed by atoms with van der Waals surface area (Å²) in [4.78, 5) is 13.8. The molecule has 19 heavy (non-hydrogen) atoms. The van der Waals surface area contributed by atoms with Crippen LogP contribution in [0.1, 0.15) is 19.8 Å². The van der Waals surface area contributed by atoms with Crippen LogP contribution in [-0.4, -0.2) is 30.8 Å². The molecule has 0 spiro atoms. The van der Waals surface area contributed by atoms with Crippen molar-refractivity contribution < 1.29 is 14.6 Å². The fourth-order valence-electron chi connectivity index (χ4n) is 2.45. The quantitative estimate of drug-likeness (QED) is 0.642. The van der Waals surface area contributed by atoms with Crippen molar-refractivity contribution in [2.75, 3.05) is 30.3 Å². The normalized spacial score (nSPS) is 16.4. The summed E-state index contributed by atoms with van der Waals surface area (Å²) in [6, 6.07) is 4.99. The molecule has 1 saturated heterocycles. The Bertz CT molecular complexity index is 454. The van der Waals surface area contributed by atoms with Gasteiger partial charge in [0.1, 0.15) is 5.75 Å². The molecule has 5 nitrogen and oxygen atoms in total. The highest BCUT2D eigenvalue weighted by atomic mass is 16.5. The van der Waals surface area contributed by atoms with Crippen LogP contribution in [0.15, 0.2) is 18.2 Å². The maximum Gasteiger partial charge on any atom is 0.309 e. The summed E-state index contributed by atoms with van der Waals surface area (Å²) in [5.74, 6) is 0.0676. The Kier molecular flexibility index (Phi) is 4.14. The number of phenolic OH excluding ortho intramolecular Hbond substituents is 1. The van der Waals surface area contributed by atoms with Gasteiger partial charge >= 0.3 is 5.97 Å². The van der Waals surface area contributed by atoms with Crippen LogP contribution in [0.3, 0.4) is 0 Å². The topological polar surface area (TPSA) is 75.8 Å². The van der Waals surface area contributed by atoms with Crippen LogP contribution in [0.5, 0.6) is 5.75 Å². The summed E-state index contributed by atoms with van der Waals surface area (Å²) in [7, 11) is 0. The number of hydrogen-bond acceptors (Lipinski definition) is 5. The number of aromatic hydroxyl groups is 1. The maximum atomic E-state index is 11.7. The van der Waals surface area contributed by atoms with Gasteiger partial charge in [0.25, 0.3) is 0 Å². The number of nitrogens with zero attached hydrogens (tertiary/aromatic N) is 1. The van der Waals surface area contributed by atoms with Crippen LogP contribution < -0.4 is 10.6 Å². The minimum Gasteiger partial charge on any atom is -0.508 e. The van der Waals surface area contributed by atoms with Gasteiger partial charge in [0.05, 0.1) is 23.9 Å². The van der Waals surface area contributed by atoms with Gasteiger partial charge in [0.15, 0.2) is 0 Å². The molecule has 0 saturated carbocycles. The first-order valence-corrected chi connectivity index (χ1v) is 6.62. The second-order valence-electron chi connectivity index (χ2n) is 4.76. The van der Waals surface area contributed by atoms with E-state index in [1.54, 1.807) is 12.1 Å². The van der Waals surface area contributed by atoms with E-state index in [0.29, 0.717) is 12.3 Å². The van der Waals surface area contributed by atoms with E-state index in [4.69, 9.17) is 10.5 Å². The molecule has 0 aromatic heterocycles. The molecule has 0 aliphatic carbocycles. The molecule has 104 valence electrons. The van der Waals surface area contributed by atoms with E-state index in [1.807, 2.05) is 13.0 Å². The summed E-state index contributed by atoms with van der Waals surface area (Å²) >= 11 is 0. The van der Waals surface area contributed by atoms with E-state index >= 15 is 0 Å². The van der Waals surface area contributed by atoms with Crippen molar-refractivity contribution in [1.29, 1.82) is 0 Å². The second-order valence-corrected chi connectivity index (χ2v) is 4.76. The van der Waals surface area contributed by atoms with Crippen LogP contribution in [0.2, 0.25) is 0 Å². The third-order valence-electron chi connectivity index (χ3n) is 3.47. The van der Waals surface area contributed by atoms with Gasteiger partial charge in [-0.15, -0.1) is 0 Å². The highest BCUT2D eigenvalue weighted by Crippen LogP contribution is 2.30. The van der Waals surface area contributed by atoms with E-state index in [0.717, 1.165) is 31.6 Å². The number of nitrogens with two attached hydrogens (primary N) is 1. The fraction of sp³-hybridized carbons (Fsp3) is 0.500. The molecule has 0 amide bonds. The fourth-order valence-corrected chi connectivity index (χ4v) is 2.45. The van der Waals surface area contributed by atoms with E-state index in [9.17, 15) is 9.90 Å². The molecule has 0 bridgehead atoms.